The van der Waals surface area contributed by atoms with Crippen LogP contribution in [-0.2, 0) is 0 Å². The molecule has 0 atom stereocenters. The maximum absolute atomic E-state index is 14.2. The van der Waals surface area contributed by atoms with Crippen molar-refractivity contribution in [2.45, 2.75) is 18.9 Å². The molecule has 0 aliphatic carbocycles. The van der Waals surface area contributed by atoms with E-state index in [-0.39, 0.29) is 11.2 Å². The minimum atomic E-state index is -0.220. The van der Waals surface area contributed by atoms with E-state index in [1.54, 1.807) is 43.8 Å². The Bertz CT molecular complexity index is 1460. The van der Waals surface area contributed by atoms with E-state index in [9.17, 15) is 9.18 Å². The van der Waals surface area contributed by atoms with Crippen LogP contribution in [0.25, 0.3) is 21.8 Å². The van der Waals surface area contributed by atoms with Gasteiger partial charge in [-0.2, -0.15) is 0 Å². The number of H-pyrrole nitrogens is 1. The molecule has 0 bridgehead atoms. The molecule has 0 unspecified atom stereocenters. The maximum Gasteiger partial charge on any atom is 0.189 e. The smallest absolute Gasteiger partial charge is 0.189 e. The van der Waals surface area contributed by atoms with E-state index in [4.69, 9.17) is 4.74 Å². The minimum Gasteiger partial charge on any atom is -0.497 e. The number of piperidine rings is 1. The van der Waals surface area contributed by atoms with Crippen molar-refractivity contribution in [3.05, 3.63) is 70.9 Å². The summed E-state index contributed by atoms with van der Waals surface area (Å²) in [6.45, 7) is 5.61. The molecule has 1 N–H and O–H groups in total. The lowest BCUT2D eigenvalue weighted by Gasteiger charge is -2.44. The fraction of sp³-hybridized carbons (Fsp3) is 0.357. The molecule has 0 saturated carbocycles. The highest BCUT2D eigenvalue weighted by Gasteiger charge is 2.29. The summed E-state index contributed by atoms with van der Waals surface area (Å²) < 4.78 is 19.7. The van der Waals surface area contributed by atoms with E-state index in [0.29, 0.717) is 22.6 Å². The summed E-state index contributed by atoms with van der Waals surface area (Å²) in [7, 11) is 1.64. The summed E-state index contributed by atoms with van der Waals surface area (Å²) in [6, 6.07) is 12.9. The molecule has 7 nitrogen and oxygen atoms in total. The number of methoxy groups -OCH3 is 1. The molecule has 36 heavy (non-hydrogen) atoms. The number of nitrogens with zero attached hydrogens (tertiary/aromatic N) is 4. The van der Waals surface area contributed by atoms with Crippen LogP contribution in [0.5, 0.6) is 5.75 Å². The van der Waals surface area contributed by atoms with E-state index in [1.165, 1.54) is 0 Å². The van der Waals surface area contributed by atoms with Crippen molar-refractivity contribution in [2.75, 3.05) is 56.2 Å². The highest BCUT2D eigenvalue weighted by atomic mass is 19.1. The molecule has 2 saturated heterocycles. The van der Waals surface area contributed by atoms with Crippen molar-refractivity contribution in [2.24, 2.45) is 0 Å². The first-order valence-corrected chi connectivity index (χ1v) is 12.6. The largest absolute Gasteiger partial charge is 0.497 e. The zero-order valence-electron chi connectivity index (χ0n) is 20.4. The Hall–Kier alpha value is -3.65. The predicted molar refractivity (Wildman–Crippen MR) is 142 cm³/mol. The average molecular weight is 488 g/mol. The number of fused-ring (bicyclic) bond motifs is 2. The van der Waals surface area contributed by atoms with Gasteiger partial charge in [0.25, 0.3) is 0 Å². The third-order valence-electron chi connectivity index (χ3n) is 7.73. The summed E-state index contributed by atoms with van der Waals surface area (Å²) in [5.41, 5.74) is 3.65. The Morgan fingerprint density at radius 1 is 0.944 bits per heavy atom. The second kappa shape index (κ2) is 9.43. The van der Waals surface area contributed by atoms with Crippen LogP contribution in [-0.4, -0.2) is 67.3 Å². The highest BCUT2D eigenvalue weighted by molar-refractivity contribution is 5.92. The normalized spacial score (nSPS) is 17.7. The van der Waals surface area contributed by atoms with Gasteiger partial charge in [0.05, 0.1) is 34.9 Å². The number of rotatable bonds is 4. The Labute approximate surface area is 209 Å². The van der Waals surface area contributed by atoms with Gasteiger partial charge in [-0.05, 0) is 43.2 Å². The summed E-state index contributed by atoms with van der Waals surface area (Å²) >= 11 is 0. The van der Waals surface area contributed by atoms with Crippen LogP contribution in [0, 0.1) is 5.82 Å². The lowest BCUT2D eigenvalue weighted by Crippen LogP contribution is -2.53. The van der Waals surface area contributed by atoms with Gasteiger partial charge in [0, 0.05) is 75.2 Å². The zero-order chi connectivity index (χ0) is 24.6. The minimum absolute atomic E-state index is 0.00145. The first-order valence-electron chi connectivity index (χ1n) is 12.6. The summed E-state index contributed by atoms with van der Waals surface area (Å²) in [5.74, 6) is 0.481. The van der Waals surface area contributed by atoms with Crippen LogP contribution in [0.2, 0.25) is 0 Å². The second-order valence-corrected chi connectivity index (χ2v) is 9.62. The van der Waals surface area contributed by atoms with Crippen molar-refractivity contribution in [1.82, 2.24) is 14.9 Å². The molecule has 4 aromatic rings. The number of ether oxygens (including phenoxy) is 1. The SMILES string of the molecule is COc1cc(N2CCN(C3CCN(c4ccc(F)c5cccnc45)CC3)CC2)c2[nH]ccc(=O)c2c1. The lowest BCUT2D eigenvalue weighted by atomic mass is 10.0. The van der Waals surface area contributed by atoms with E-state index >= 15 is 0 Å². The summed E-state index contributed by atoms with van der Waals surface area (Å²) in [4.78, 5) is 27.5. The van der Waals surface area contributed by atoms with Gasteiger partial charge in [0.1, 0.15) is 11.6 Å². The molecule has 0 amide bonds. The van der Waals surface area contributed by atoms with E-state index in [1.807, 2.05) is 18.2 Å². The quantitative estimate of drug-likeness (QED) is 0.469. The van der Waals surface area contributed by atoms with Crippen molar-refractivity contribution >= 4 is 33.2 Å². The van der Waals surface area contributed by atoms with E-state index < -0.39 is 0 Å². The molecule has 6 rings (SSSR count). The van der Waals surface area contributed by atoms with Crippen LogP contribution in [0.1, 0.15) is 12.8 Å². The third-order valence-corrected chi connectivity index (χ3v) is 7.73. The van der Waals surface area contributed by atoms with Crippen molar-refractivity contribution in [1.29, 1.82) is 0 Å². The van der Waals surface area contributed by atoms with Crippen LogP contribution in [0.15, 0.2) is 59.7 Å². The molecule has 2 aromatic heterocycles. The standard InChI is InChI=1S/C28H30FN5O2/c1-36-20-17-22-26(35)6-10-31-28(22)25(18-20)34-15-13-32(14-16-34)19-7-11-33(12-8-19)24-5-4-23(29)21-3-2-9-30-27(21)24/h2-6,9-10,17-19H,7-8,11-16H2,1H3,(H,31,35). The molecule has 2 aliphatic heterocycles. The van der Waals surface area contributed by atoms with Gasteiger partial charge in [0.15, 0.2) is 5.43 Å². The van der Waals surface area contributed by atoms with Crippen LogP contribution in [0.3, 0.4) is 0 Å². The average Bonchev–Trinajstić information content (AvgIpc) is 2.93. The highest BCUT2D eigenvalue weighted by Crippen LogP contribution is 2.32. The van der Waals surface area contributed by atoms with Crippen LogP contribution in [0.4, 0.5) is 15.8 Å². The molecule has 186 valence electrons. The maximum atomic E-state index is 14.2. The Morgan fingerprint density at radius 2 is 1.72 bits per heavy atom. The Morgan fingerprint density at radius 3 is 2.50 bits per heavy atom. The number of pyridine rings is 2. The Kier molecular flexibility index (Phi) is 5.97. The number of hydrogen-bond donors (Lipinski definition) is 1. The van der Waals surface area contributed by atoms with Crippen LogP contribution < -0.4 is 20.0 Å². The topological polar surface area (TPSA) is 64.7 Å². The third kappa shape index (κ3) is 4.05. The predicted octanol–water partition coefficient (Wildman–Crippen LogP) is 4.02. The lowest BCUT2D eigenvalue weighted by molar-refractivity contribution is 0.160. The monoisotopic (exact) mass is 487 g/mol. The molecule has 2 aromatic carbocycles. The number of benzene rings is 2. The Balaban J connectivity index is 1.13. The number of halogens is 1. The molecule has 4 heterocycles. The van der Waals surface area contributed by atoms with Crippen molar-refractivity contribution in [3.63, 3.8) is 0 Å². The number of aromatic amines is 1. The van der Waals surface area contributed by atoms with E-state index in [0.717, 1.165) is 74.5 Å². The van der Waals surface area contributed by atoms with Gasteiger partial charge in [-0.25, -0.2) is 4.39 Å². The van der Waals surface area contributed by atoms with Gasteiger partial charge >= 0.3 is 0 Å². The molecular formula is C28H30FN5O2. The molecule has 2 fully saturated rings. The number of aromatic nitrogens is 2. The molecule has 2 aliphatic rings. The van der Waals surface area contributed by atoms with Crippen LogP contribution >= 0.6 is 0 Å². The molecule has 0 spiro atoms. The van der Waals surface area contributed by atoms with Gasteiger partial charge < -0.3 is 19.5 Å². The molecular weight excluding hydrogens is 457 g/mol. The van der Waals surface area contributed by atoms with E-state index in [2.05, 4.69) is 24.7 Å². The first-order chi connectivity index (χ1) is 17.6. The number of anilines is 2. The number of nitrogens with one attached hydrogen (secondary N) is 1. The fourth-order valence-corrected chi connectivity index (χ4v) is 5.78. The van der Waals surface area contributed by atoms with Gasteiger partial charge in [-0.1, -0.05) is 0 Å². The van der Waals surface area contributed by atoms with Crippen molar-refractivity contribution in [3.8, 4) is 5.75 Å². The summed E-state index contributed by atoms with van der Waals surface area (Å²) in [6.07, 6.45) is 5.59. The number of hydrogen-bond acceptors (Lipinski definition) is 6. The summed E-state index contributed by atoms with van der Waals surface area (Å²) in [5, 5.41) is 1.24. The number of piperazine rings is 1. The zero-order valence-corrected chi connectivity index (χ0v) is 20.4. The molecule has 0 radical (unpaired) electrons. The van der Waals surface area contributed by atoms with Gasteiger partial charge in [-0.3, -0.25) is 14.7 Å². The van der Waals surface area contributed by atoms with Gasteiger partial charge in [-0.15, -0.1) is 0 Å². The van der Waals surface area contributed by atoms with Gasteiger partial charge in [0.2, 0.25) is 0 Å². The first kappa shape index (κ1) is 22.8. The fourth-order valence-electron chi connectivity index (χ4n) is 5.78. The van der Waals surface area contributed by atoms with Crippen molar-refractivity contribution < 1.29 is 9.13 Å². The molecule has 8 heteroatoms. The second-order valence-electron chi connectivity index (χ2n) is 9.62.